The molecule has 2 rings (SSSR count). The zero-order valence-corrected chi connectivity index (χ0v) is 11.0. The van der Waals surface area contributed by atoms with E-state index in [-0.39, 0.29) is 22.9 Å². The predicted octanol–water partition coefficient (Wildman–Crippen LogP) is 2.40. The van der Waals surface area contributed by atoms with Crippen LogP contribution in [0.1, 0.15) is 10.5 Å². The van der Waals surface area contributed by atoms with Crippen LogP contribution in [0, 0.1) is 5.82 Å². The highest BCUT2D eigenvalue weighted by Crippen LogP contribution is 2.25. The summed E-state index contributed by atoms with van der Waals surface area (Å²) >= 11 is 3.13. The van der Waals surface area contributed by atoms with E-state index in [2.05, 4.69) is 31.4 Å². The summed E-state index contributed by atoms with van der Waals surface area (Å²) in [6, 6.07) is 5.60. The maximum absolute atomic E-state index is 13.7. The second-order valence-corrected chi connectivity index (χ2v) is 4.50. The Bertz CT molecular complexity index is 651. The van der Waals surface area contributed by atoms with Crippen molar-refractivity contribution in [3.05, 3.63) is 40.2 Å². The number of anilines is 3. The predicted molar refractivity (Wildman–Crippen MR) is 70.8 cm³/mol. The van der Waals surface area contributed by atoms with Crippen molar-refractivity contribution in [3.63, 3.8) is 0 Å². The van der Waals surface area contributed by atoms with Gasteiger partial charge in [0.1, 0.15) is 11.6 Å². The molecule has 0 aliphatic heterocycles. The molecular weight excluding hydrogens is 319 g/mol. The second kappa shape index (κ2) is 5.19. The number of nitrogens with zero attached hydrogens (tertiary/aromatic N) is 2. The maximum Gasteiger partial charge on any atom is 0.358 e. The molecule has 0 saturated heterocycles. The van der Waals surface area contributed by atoms with Crippen molar-refractivity contribution >= 4 is 39.1 Å². The fourth-order valence-corrected chi connectivity index (χ4v) is 1.73. The van der Waals surface area contributed by atoms with Crippen LogP contribution in [0.5, 0.6) is 0 Å². The van der Waals surface area contributed by atoms with E-state index in [1.54, 1.807) is 6.07 Å². The molecule has 6 nitrogen and oxygen atoms in total. The molecule has 2 aromatic rings. The SMILES string of the molecule is Nc1cc(Nc2ccc(Br)cc2F)c(C(=O)O)nn1. The average Bonchev–Trinajstić information content (AvgIpc) is 2.32. The molecule has 19 heavy (non-hydrogen) atoms. The number of carboxylic acids is 1. The van der Waals surface area contributed by atoms with Crippen molar-refractivity contribution in [2.45, 2.75) is 0 Å². The van der Waals surface area contributed by atoms with Crippen molar-refractivity contribution in [1.29, 1.82) is 0 Å². The highest BCUT2D eigenvalue weighted by Gasteiger charge is 2.15. The first-order valence-electron chi connectivity index (χ1n) is 5.06. The molecule has 0 spiro atoms. The lowest BCUT2D eigenvalue weighted by molar-refractivity contribution is 0.0690. The number of nitrogens with two attached hydrogens (primary N) is 1. The molecule has 0 amide bonds. The van der Waals surface area contributed by atoms with Gasteiger partial charge in [-0.05, 0) is 18.2 Å². The molecule has 0 atom stereocenters. The van der Waals surface area contributed by atoms with Gasteiger partial charge in [0, 0.05) is 10.5 Å². The van der Waals surface area contributed by atoms with Gasteiger partial charge in [-0.15, -0.1) is 10.2 Å². The van der Waals surface area contributed by atoms with E-state index in [0.29, 0.717) is 4.47 Å². The second-order valence-electron chi connectivity index (χ2n) is 3.59. The Kier molecular flexibility index (Phi) is 3.61. The fraction of sp³-hybridized carbons (Fsp3) is 0. The summed E-state index contributed by atoms with van der Waals surface area (Å²) in [5.41, 5.74) is 5.28. The summed E-state index contributed by atoms with van der Waals surface area (Å²) in [4.78, 5) is 11.0. The van der Waals surface area contributed by atoms with Crippen LogP contribution in [0.4, 0.5) is 21.6 Å². The number of benzene rings is 1. The van der Waals surface area contributed by atoms with Crippen LogP contribution < -0.4 is 11.1 Å². The van der Waals surface area contributed by atoms with E-state index in [0.717, 1.165) is 0 Å². The van der Waals surface area contributed by atoms with Crippen molar-refractivity contribution in [1.82, 2.24) is 10.2 Å². The average molecular weight is 327 g/mol. The normalized spacial score (nSPS) is 10.2. The van der Waals surface area contributed by atoms with Gasteiger partial charge < -0.3 is 16.2 Å². The fourth-order valence-electron chi connectivity index (χ4n) is 1.40. The van der Waals surface area contributed by atoms with Crippen molar-refractivity contribution in [2.24, 2.45) is 0 Å². The number of hydrogen-bond acceptors (Lipinski definition) is 5. The first kappa shape index (κ1) is 13.2. The summed E-state index contributed by atoms with van der Waals surface area (Å²) in [6.45, 7) is 0. The molecule has 4 N–H and O–H groups in total. The molecule has 0 radical (unpaired) electrons. The van der Waals surface area contributed by atoms with E-state index >= 15 is 0 Å². The van der Waals surface area contributed by atoms with Gasteiger partial charge in [0.15, 0.2) is 5.69 Å². The molecule has 0 unspecified atom stereocenters. The Morgan fingerprint density at radius 2 is 2.05 bits per heavy atom. The van der Waals surface area contributed by atoms with E-state index in [9.17, 15) is 9.18 Å². The number of carbonyl (C=O) groups is 1. The Morgan fingerprint density at radius 3 is 2.68 bits per heavy atom. The first-order chi connectivity index (χ1) is 8.97. The number of aromatic carboxylic acids is 1. The van der Waals surface area contributed by atoms with Crippen molar-refractivity contribution in [3.8, 4) is 0 Å². The van der Waals surface area contributed by atoms with Gasteiger partial charge >= 0.3 is 5.97 Å². The van der Waals surface area contributed by atoms with Crippen LogP contribution in [0.15, 0.2) is 28.7 Å². The van der Waals surface area contributed by atoms with Crippen LogP contribution in [0.25, 0.3) is 0 Å². The van der Waals surface area contributed by atoms with E-state index in [1.807, 2.05) is 0 Å². The first-order valence-corrected chi connectivity index (χ1v) is 5.85. The Labute approximate surface area is 115 Å². The monoisotopic (exact) mass is 326 g/mol. The molecular formula is C11H8BrFN4O2. The molecule has 8 heteroatoms. The third-order valence-corrected chi connectivity index (χ3v) is 2.71. The van der Waals surface area contributed by atoms with E-state index in [4.69, 9.17) is 10.8 Å². The van der Waals surface area contributed by atoms with Crippen molar-refractivity contribution in [2.75, 3.05) is 11.1 Å². The smallest absolute Gasteiger partial charge is 0.358 e. The van der Waals surface area contributed by atoms with Crippen LogP contribution in [-0.2, 0) is 0 Å². The molecule has 0 bridgehead atoms. The molecule has 0 aliphatic rings. The summed E-state index contributed by atoms with van der Waals surface area (Å²) in [5.74, 6) is -1.79. The number of carboxylic acid groups (broad SMARTS) is 1. The number of rotatable bonds is 3. The molecule has 0 aliphatic carbocycles. The van der Waals surface area contributed by atoms with Gasteiger partial charge in [0.25, 0.3) is 0 Å². The standard InChI is InChI=1S/C11H8BrFN4O2/c12-5-1-2-7(6(13)3-5)15-8-4-9(14)16-17-10(8)11(18)19/h1-4H,(H,18,19)(H3,14,15,16). The lowest BCUT2D eigenvalue weighted by Crippen LogP contribution is -2.09. The third kappa shape index (κ3) is 2.97. The molecule has 0 saturated carbocycles. The lowest BCUT2D eigenvalue weighted by Gasteiger charge is -2.10. The Hall–Kier alpha value is -2.22. The number of nitrogen functional groups attached to an aromatic ring is 1. The quantitative estimate of drug-likeness (QED) is 0.800. The Balaban J connectivity index is 2.42. The van der Waals surface area contributed by atoms with E-state index < -0.39 is 11.8 Å². The van der Waals surface area contributed by atoms with Gasteiger partial charge in [0.05, 0.1) is 11.4 Å². The van der Waals surface area contributed by atoms with Crippen LogP contribution in [0.3, 0.4) is 0 Å². The summed E-state index contributed by atoms with van der Waals surface area (Å²) in [6.07, 6.45) is 0. The Morgan fingerprint density at radius 1 is 1.32 bits per heavy atom. The van der Waals surface area contributed by atoms with Crippen molar-refractivity contribution < 1.29 is 14.3 Å². The minimum atomic E-state index is -1.28. The number of aromatic nitrogens is 2. The zero-order chi connectivity index (χ0) is 14.0. The number of hydrogen-bond donors (Lipinski definition) is 3. The largest absolute Gasteiger partial charge is 0.476 e. The highest BCUT2D eigenvalue weighted by molar-refractivity contribution is 9.10. The van der Waals surface area contributed by atoms with E-state index in [1.165, 1.54) is 18.2 Å². The molecule has 0 fully saturated rings. The van der Waals surface area contributed by atoms with Crippen LogP contribution >= 0.6 is 15.9 Å². The topological polar surface area (TPSA) is 101 Å². The number of halogens is 2. The molecule has 98 valence electrons. The van der Waals surface area contributed by atoms with Gasteiger partial charge in [-0.2, -0.15) is 0 Å². The summed E-state index contributed by atoms with van der Waals surface area (Å²) < 4.78 is 14.2. The maximum atomic E-state index is 13.7. The highest BCUT2D eigenvalue weighted by atomic mass is 79.9. The van der Waals surface area contributed by atoms with Gasteiger partial charge in [0.2, 0.25) is 0 Å². The van der Waals surface area contributed by atoms with Gasteiger partial charge in [-0.1, -0.05) is 15.9 Å². The van der Waals surface area contributed by atoms with Gasteiger partial charge in [-0.3, -0.25) is 0 Å². The molecule has 1 aromatic heterocycles. The van der Waals surface area contributed by atoms with Crippen LogP contribution in [0.2, 0.25) is 0 Å². The summed E-state index contributed by atoms with van der Waals surface area (Å²) in [5, 5.41) is 18.5. The number of nitrogens with one attached hydrogen (secondary N) is 1. The third-order valence-electron chi connectivity index (χ3n) is 2.22. The lowest BCUT2D eigenvalue weighted by atomic mass is 10.2. The minimum Gasteiger partial charge on any atom is -0.476 e. The van der Waals surface area contributed by atoms with Gasteiger partial charge in [-0.25, -0.2) is 9.18 Å². The van der Waals surface area contributed by atoms with Crippen LogP contribution in [-0.4, -0.2) is 21.3 Å². The minimum absolute atomic E-state index is 0.0324. The molecule has 1 aromatic carbocycles. The summed E-state index contributed by atoms with van der Waals surface area (Å²) in [7, 11) is 0. The zero-order valence-electron chi connectivity index (χ0n) is 9.39. The molecule has 1 heterocycles.